The smallest absolute Gasteiger partial charge is 0.166 e. The van der Waals surface area contributed by atoms with Crippen molar-refractivity contribution >= 4 is 5.78 Å². The van der Waals surface area contributed by atoms with Crippen molar-refractivity contribution in [3.05, 3.63) is 107 Å². The van der Waals surface area contributed by atoms with Crippen LogP contribution in [0.15, 0.2) is 78.9 Å². The molecule has 1 aliphatic rings. The SMILES string of the molecule is O=C(c1ccccc1)C1CCN(CCOC(c2ccc(F)cc2)c2ccc(F)cc2)CC1. The predicted octanol–water partition coefficient (Wildman–Crippen LogP) is 5.67. The van der Waals surface area contributed by atoms with Crippen LogP contribution in [-0.2, 0) is 4.74 Å². The molecule has 3 aromatic carbocycles. The van der Waals surface area contributed by atoms with Crippen molar-refractivity contribution in [2.24, 2.45) is 5.92 Å². The Bertz CT molecular complexity index is 953. The molecule has 1 aliphatic heterocycles. The van der Waals surface area contributed by atoms with Crippen LogP contribution >= 0.6 is 0 Å². The molecule has 0 aliphatic carbocycles. The van der Waals surface area contributed by atoms with Crippen LogP contribution in [-0.4, -0.2) is 36.9 Å². The molecule has 0 N–H and O–H groups in total. The van der Waals surface area contributed by atoms with Gasteiger partial charge in [0.15, 0.2) is 5.78 Å². The first-order valence-corrected chi connectivity index (χ1v) is 11.0. The highest BCUT2D eigenvalue weighted by Gasteiger charge is 2.26. The van der Waals surface area contributed by atoms with E-state index in [4.69, 9.17) is 4.74 Å². The Morgan fingerprint density at radius 3 is 1.91 bits per heavy atom. The number of benzene rings is 3. The van der Waals surface area contributed by atoms with Gasteiger partial charge in [-0.1, -0.05) is 54.6 Å². The highest BCUT2D eigenvalue weighted by Crippen LogP contribution is 2.27. The number of ketones is 1. The van der Waals surface area contributed by atoms with Crippen molar-refractivity contribution < 1.29 is 18.3 Å². The Hall–Kier alpha value is -2.89. The molecular formula is C27H27F2NO2. The van der Waals surface area contributed by atoms with E-state index in [1.807, 2.05) is 30.3 Å². The molecule has 166 valence electrons. The average Bonchev–Trinajstić information content (AvgIpc) is 2.84. The van der Waals surface area contributed by atoms with Crippen LogP contribution in [0.3, 0.4) is 0 Å². The first-order chi connectivity index (χ1) is 15.6. The lowest BCUT2D eigenvalue weighted by atomic mass is 9.89. The number of ether oxygens (including phenoxy) is 1. The van der Waals surface area contributed by atoms with E-state index in [2.05, 4.69) is 4.90 Å². The molecule has 1 fully saturated rings. The number of Topliss-reactive ketones (excluding diaryl/α,β-unsaturated/α-hetero) is 1. The Kier molecular flexibility index (Phi) is 7.40. The highest BCUT2D eigenvalue weighted by molar-refractivity contribution is 5.97. The normalized spacial score (nSPS) is 15.2. The molecule has 4 rings (SSSR count). The Morgan fingerprint density at radius 2 is 1.38 bits per heavy atom. The zero-order valence-electron chi connectivity index (χ0n) is 17.9. The molecule has 3 nitrogen and oxygen atoms in total. The van der Waals surface area contributed by atoms with Gasteiger partial charge in [-0.05, 0) is 61.3 Å². The minimum atomic E-state index is -0.395. The minimum Gasteiger partial charge on any atom is -0.367 e. The Morgan fingerprint density at radius 1 is 0.844 bits per heavy atom. The van der Waals surface area contributed by atoms with Gasteiger partial charge >= 0.3 is 0 Å². The summed E-state index contributed by atoms with van der Waals surface area (Å²) in [5, 5.41) is 0. The largest absolute Gasteiger partial charge is 0.367 e. The lowest BCUT2D eigenvalue weighted by Gasteiger charge is -2.31. The van der Waals surface area contributed by atoms with E-state index in [1.54, 1.807) is 24.3 Å². The van der Waals surface area contributed by atoms with Crippen LogP contribution < -0.4 is 0 Å². The minimum absolute atomic E-state index is 0.0701. The molecule has 0 amide bonds. The summed E-state index contributed by atoms with van der Waals surface area (Å²) in [6, 6.07) is 21.9. The van der Waals surface area contributed by atoms with E-state index in [0.29, 0.717) is 6.61 Å². The van der Waals surface area contributed by atoms with Crippen LogP contribution in [0.4, 0.5) is 8.78 Å². The fourth-order valence-corrected chi connectivity index (χ4v) is 4.22. The summed E-state index contributed by atoms with van der Waals surface area (Å²) in [6.45, 7) is 2.93. The van der Waals surface area contributed by atoms with Crippen molar-refractivity contribution in [3.8, 4) is 0 Å². The van der Waals surface area contributed by atoms with Crippen molar-refractivity contribution in [2.75, 3.05) is 26.2 Å². The lowest BCUT2D eigenvalue weighted by molar-refractivity contribution is 0.0499. The number of piperidine rings is 1. The standard InChI is InChI=1S/C27H27F2NO2/c28-24-10-6-22(7-11-24)27(23-8-12-25(29)13-9-23)32-19-18-30-16-14-21(15-17-30)26(31)20-4-2-1-3-5-20/h1-13,21,27H,14-19H2. The summed E-state index contributed by atoms with van der Waals surface area (Å²) < 4.78 is 32.9. The molecule has 0 unspecified atom stereocenters. The van der Waals surface area contributed by atoms with E-state index < -0.39 is 6.10 Å². The van der Waals surface area contributed by atoms with Gasteiger partial charge in [0.2, 0.25) is 0 Å². The molecule has 0 atom stereocenters. The second-order valence-electron chi connectivity index (χ2n) is 8.20. The lowest BCUT2D eigenvalue weighted by Crippen LogP contribution is -2.38. The molecule has 32 heavy (non-hydrogen) atoms. The van der Waals surface area contributed by atoms with Gasteiger partial charge in [-0.25, -0.2) is 8.78 Å². The quantitative estimate of drug-likeness (QED) is 0.427. The van der Waals surface area contributed by atoms with Gasteiger partial charge in [-0.3, -0.25) is 4.79 Å². The van der Waals surface area contributed by atoms with E-state index >= 15 is 0 Å². The van der Waals surface area contributed by atoms with Gasteiger partial charge in [0.1, 0.15) is 17.7 Å². The highest BCUT2D eigenvalue weighted by atomic mass is 19.1. The molecule has 0 spiro atoms. The third-order valence-electron chi connectivity index (χ3n) is 6.05. The summed E-state index contributed by atoms with van der Waals surface area (Å²) in [4.78, 5) is 15.0. The van der Waals surface area contributed by atoms with Gasteiger partial charge in [0.05, 0.1) is 6.61 Å². The summed E-state index contributed by atoms with van der Waals surface area (Å²) in [6.07, 6.45) is 1.29. The van der Waals surface area contributed by atoms with E-state index in [-0.39, 0.29) is 23.3 Å². The molecule has 0 radical (unpaired) electrons. The van der Waals surface area contributed by atoms with Crippen molar-refractivity contribution in [1.82, 2.24) is 4.90 Å². The monoisotopic (exact) mass is 435 g/mol. The summed E-state index contributed by atoms with van der Waals surface area (Å²) in [5.41, 5.74) is 2.44. The zero-order chi connectivity index (χ0) is 22.3. The molecular weight excluding hydrogens is 408 g/mol. The number of likely N-dealkylation sites (tertiary alicyclic amines) is 1. The summed E-state index contributed by atoms with van der Waals surface area (Å²) in [7, 11) is 0. The van der Waals surface area contributed by atoms with Gasteiger partial charge in [-0.15, -0.1) is 0 Å². The van der Waals surface area contributed by atoms with Gasteiger partial charge in [-0.2, -0.15) is 0 Å². The molecule has 0 aromatic heterocycles. The fourth-order valence-electron chi connectivity index (χ4n) is 4.22. The van der Waals surface area contributed by atoms with E-state index in [0.717, 1.165) is 49.2 Å². The zero-order valence-corrected chi connectivity index (χ0v) is 17.9. The summed E-state index contributed by atoms with van der Waals surface area (Å²) in [5.74, 6) is -0.311. The number of carbonyl (C=O) groups is 1. The first kappa shape index (κ1) is 22.3. The van der Waals surface area contributed by atoms with E-state index in [9.17, 15) is 13.6 Å². The second-order valence-corrected chi connectivity index (χ2v) is 8.20. The maximum absolute atomic E-state index is 13.4. The van der Waals surface area contributed by atoms with Crippen molar-refractivity contribution in [2.45, 2.75) is 18.9 Å². The second kappa shape index (κ2) is 10.6. The number of carbonyl (C=O) groups excluding carboxylic acids is 1. The maximum atomic E-state index is 13.4. The van der Waals surface area contributed by atoms with Crippen LogP contribution in [0.5, 0.6) is 0 Å². The topological polar surface area (TPSA) is 29.5 Å². The first-order valence-electron chi connectivity index (χ1n) is 11.0. The molecule has 5 heteroatoms. The van der Waals surface area contributed by atoms with Crippen LogP contribution in [0, 0.1) is 17.6 Å². The molecule has 1 saturated heterocycles. The molecule has 0 saturated carbocycles. The van der Waals surface area contributed by atoms with Gasteiger partial charge in [0.25, 0.3) is 0 Å². The predicted molar refractivity (Wildman–Crippen MR) is 121 cm³/mol. The van der Waals surface area contributed by atoms with E-state index in [1.165, 1.54) is 24.3 Å². The van der Waals surface area contributed by atoms with Crippen LogP contribution in [0.2, 0.25) is 0 Å². The van der Waals surface area contributed by atoms with Crippen molar-refractivity contribution in [1.29, 1.82) is 0 Å². The van der Waals surface area contributed by atoms with Crippen molar-refractivity contribution in [3.63, 3.8) is 0 Å². The Balaban J connectivity index is 1.32. The Labute approximate surface area is 187 Å². The third-order valence-corrected chi connectivity index (χ3v) is 6.05. The number of halogens is 2. The summed E-state index contributed by atoms with van der Waals surface area (Å²) >= 11 is 0. The fraction of sp³-hybridized carbons (Fsp3) is 0.296. The average molecular weight is 436 g/mol. The maximum Gasteiger partial charge on any atom is 0.166 e. The number of hydrogen-bond acceptors (Lipinski definition) is 3. The van der Waals surface area contributed by atoms with Gasteiger partial charge in [0, 0.05) is 18.0 Å². The molecule has 3 aromatic rings. The number of nitrogens with zero attached hydrogens (tertiary/aromatic N) is 1. The van der Waals surface area contributed by atoms with Gasteiger partial charge < -0.3 is 9.64 Å². The van der Waals surface area contributed by atoms with Crippen LogP contribution in [0.25, 0.3) is 0 Å². The number of rotatable bonds is 8. The molecule has 0 bridgehead atoms. The third kappa shape index (κ3) is 5.67. The molecule has 1 heterocycles. The van der Waals surface area contributed by atoms with Crippen LogP contribution in [0.1, 0.15) is 40.4 Å². The number of hydrogen-bond donors (Lipinski definition) is 0.